The van der Waals surface area contributed by atoms with Crippen molar-refractivity contribution >= 4 is 17.7 Å². The summed E-state index contributed by atoms with van der Waals surface area (Å²) in [5.74, 6) is 5.26. The van der Waals surface area contributed by atoms with E-state index in [4.69, 9.17) is 5.11 Å². The summed E-state index contributed by atoms with van der Waals surface area (Å²) in [7, 11) is 0. The molecule has 5 heteroatoms. The molecule has 0 unspecified atom stereocenters. The topological polar surface area (TPSA) is 79.3 Å². The van der Waals surface area contributed by atoms with E-state index in [0.717, 1.165) is 5.56 Å². The SMILES string of the molecule is CC(C)(C#Cc1ccc(C(=O)Nc2ccccn2)cc1)CC(=O)O. The Hall–Kier alpha value is -3.13. The lowest BCUT2D eigenvalue weighted by Gasteiger charge is -2.13. The molecule has 122 valence electrons. The van der Waals surface area contributed by atoms with Gasteiger partial charge in [-0.3, -0.25) is 9.59 Å². The highest BCUT2D eigenvalue weighted by Gasteiger charge is 2.18. The van der Waals surface area contributed by atoms with Crippen LogP contribution >= 0.6 is 0 Å². The largest absolute Gasteiger partial charge is 0.481 e. The Balaban J connectivity index is 2.06. The lowest BCUT2D eigenvalue weighted by atomic mass is 9.90. The fraction of sp³-hybridized carbons (Fsp3) is 0.211. The van der Waals surface area contributed by atoms with Crippen LogP contribution in [0, 0.1) is 17.3 Å². The van der Waals surface area contributed by atoms with Crippen LogP contribution in [0.3, 0.4) is 0 Å². The number of carboxylic acid groups (broad SMARTS) is 1. The molecule has 0 aliphatic carbocycles. The molecule has 0 atom stereocenters. The van der Waals surface area contributed by atoms with Gasteiger partial charge < -0.3 is 10.4 Å². The molecular weight excluding hydrogens is 304 g/mol. The van der Waals surface area contributed by atoms with Crippen molar-refractivity contribution < 1.29 is 14.7 Å². The van der Waals surface area contributed by atoms with Gasteiger partial charge >= 0.3 is 5.97 Å². The van der Waals surface area contributed by atoms with E-state index in [1.807, 2.05) is 0 Å². The molecule has 0 radical (unpaired) electrons. The Bertz CT molecular complexity index is 785. The summed E-state index contributed by atoms with van der Waals surface area (Å²) in [5, 5.41) is 11.6. The molecule has 1 aromatic heterocycles. The van der Waals surface area contributed by atoms with Crippen LogP contribution in [0.15, 0.2) is 48.7 Å². The number of rotatable bonds is 4. The van der Waals surface area contributed by atoms with Gasteiger partial charge in [0.25, 0.3) is 5.91 Å². The molecule has 1 heterocycles. The monoisotopic (exact) mass is 322 g/mol. The predicted octanol–water partition coefficient (Wildman–Crippen LogP) is 3.19. The maximum Gasteiger partial charge on any atom is 0.304 e. The number of carbonyl (C=O) groups is 2. The molecular formula is C19H18N2O3. The average Bonchev–Trinajstić information content (AvgIpc) is 2.53. The van der Waals surface area contributed by atoms with Crippen LogP contribution in [-0.4, -0.2) is 22.0 Å². The van der Waals surface area contributed by atoms with Crippen molar-refractivity contribution in [2.75, 3.05) is 5.32 Å². The normalized spacial score (nSPS) is 10.4. The van der Waals surface area contributed by atoms with Crippen LogP contribution in [0.1, 0.15) is 36.2 Å². The standard InChI is InChI=1S/C19H18N2O3/c1-19(2,13-17(22)23)11-10-14-6-8-15(9-7-14)18(24)21-16-5-3-4-12-20-16/h3-9,12H,13H2,1-2H3,(H,22,23)(H,20,21,24). The van der Waals surface area contributed by atoms with Gasteiger partial charge in [0.2, 0.25) is 0 Å². The van der Waals surface area contributed by atoms with Crippen molar-refractivity contribution in [2.24, 2.45) is 5.41 Å². The first-order valence-electron chi connectivity index (χ1n) is 7.43. The Morgan fingerprint density at radius 2 is 1.88 bits per heavy atom. The summed E-state index contributed by atoms with van der Waals surface area (Å²) >= 11 is 0. The molecule has 5 nitrogen and oxygen atoms in total. The van der Waals surface area contributed by atoms with E-state index in [1.165, 1.54) is 0 Å². The predicted molar refractivity (Wildman–Crippen MR) is 91.5 cm³/mol. The van der Waals surface area contributed by atoms with Crippen LogP contribution < -0.4 is 5.32 Å². The summed E-state index contributed by atoms with van der Waals surface area (Å²) in [4.78, 5) is 26.9. The van der Waals surface area contributed by atoms with Gasteiger partial charge in [0.1, 0.15) is 5.82 Å². The highest BCUT2D eigenvalue weighted by atomic mass is 16.4. The number of aromatic nitrogens is 1. The van der Waals surface area contributed by atoms with Crippen molar-refractivity contribution in [3.8, 4) is 11.8 Å². The maximum atomic E-state index is 12.1. The highest BCUT2D eigenvalue weighted by Crippen LogP contribution is 2.19. The van der Waals surface area contributed by atoms with Gasteiger partial charge in [0.15, 0.2) is 0 Å². The lowest BCUT2D eigenvalue weighted by Crippen LogP contribution is -2.14. The quantitative estimate of drug-likeness (QED) is 0.847. The van der Waals surface area contributed by atoms with Crippen LogP contribution in [0.25, 0.3) is 0 Å². The number of hydrogen-bond acceptors (Lipinski definition) is 3. The number of nitrogens with zero attached hydrogens (tertiary/aromatic N) is 1. The number of aliphatic carboxylic acids is 1. The number of hydrogen-bond donors (Lipinski definition) is 2. The van der Waals surface area contributed by atoms with E-state index < -0.39 is 11.4 Å². The van der Waals surface area contributed by atoms with Crippen molar-refractivity contribution in [3.05, 3.63) is 59.8 Å². The molecule has 0 fully saturated rings. The molecule has 2 N–H and O–H groups in total. The van der Waals surface area contributed by atoms with Gasteiger partial charge in [-0.2, -0.15) is 0 Å². The van der Waals surface area contributed by atoms with Gasteiger partial charge in [-0.1, -0.05) is 17.9 Å². The minimum Gasteiger partial charge on any atom is -0.481 e. The van der Waals surface area contributed by atoms with Gasteiger partial charge in [-0.05, 0) is 50.2 Å². The Kier molecular flexibility index (Phi) is 5.33. The first-order chi connectivity index (χ1) is 11.4. The molecule has 0 saturated heterocycles. The second-order valence-electron chi connectivity index (χ2n) is 5.95. The molecule has 0 saturated carbocycles. The number of pyridine rings is 1. The number of amides is 1. The Morgan fingerprint density at radius 3 is 2.46 bits per heavy atom. The molecule has 0 bridgehead atoms. The van der Waals surface area contributed by atoms with Crippen LogP contribution in [-0.2, 0) is 4.79 Å². The highest BCUT2D eigenvalue weighted by molar-refractivity contribution is 6.03. The number of benzene rings is 1. The maximum absolute atomic E-state index is 12.1. The number of carbonyl (C=O) groups excluding carboxylic acids is 1. The average molecular weight is 322 g/mol. The minimum absolute atomic E-state index is 0.0232. The van der Waals surface area contributed by atoms with Gasteiger partial charge in [0, 0.05) is 22.7 Å². The smallest absolute Gasteiger partial charge is 0.304 e. The molecule has 1 amide bonds. The number of anilines is 1. The van der Waals surface area contributed by atoms with Crippen LogP contribution in [0.2, 0.25) is 0 Å². The first-order valence-corrected chi connectivity index (χ1v) is 7.43. The zero-order valence-corrected chi connectivity index (χ0v) is 13.5. The summed E-state index contributed by atoms with van der Waals surface area (Å²) in [6.45, 7) is 3.56. The fourth-order valence-electron chi connectivity index (χ4n) is 1.99. The number of nitrogens with one attached hydrogen (secondary N) is 1. The summed E-state index contributed by atoms with van der Waals surface area (Å²) in [6, 6.07) is 12.1. The molecule has 0 aliphatic rings. The third-order valence-electron chi connectivity index (χ3n) is 3.19. The Morgan fingerprint density at radius 1 is 1.17 bits per heavy atom. The third-order valence-corrected chi connectivity index (χ3v) is 3.19. The van der Waals surface area contributed by atoms with E-state index in [0.29, 0.717) is 11.4 Å². The van der Waals surface area contributed by atoms with Crippen molar-refractivity contribution in [1.82, 2.24) is 4.98 Å². The second-order valence-corrected chi connectivity index (χ2v) is 5.95. The molecule has 1 aromatic carbocycles. The van der Waals surface area contributed by atoms with Gasteiger partial charge in [-0.25, -0.2) is 4.98 Å². The van der Waals surface area contributed by atoms with Crippen molar-refractivity contribution in [3.63, 3.8) is 0 Å². The third kappa shape index (κ3) is 5.25. The molecule has 2 rings (SSSR count). The lowest BCUT2D eigenvalue weighted by molar-refractivity contribution is -0.138. The van der Waals surface area contributed by atoms with Crippen molar-refractivity contribution in [1.29, 1.82) is 0 Å². The second kappa shape index (κ2) is 7.42. The zero-order valence-electron chi connectivity index (χ0n) is 13.5. The molecule has 0 spiro atoms. The van der Waals surface area contributed by atoms with E-state index >= 15 is 0 Å². The van der Waals surface area contributed by atoms with Gasteiger partial charge in [0.05, 0.1) is 6.42 Å². The molecule has 0 aliphatic heterocycles. The van der Waals surface area contributed by atoms with E-state index in [1.54, 1.807) is 62.5 Å². The number of carboxylic acids is 1. The first kappa shape index (κ1) is 17.2. The fourth-order valence-corrected chi connectivity index (χ4v) is 1.99. The van der Waals surface area contributed by atoms with E-state index in [9.17, 15) is 9.59 Å². The van der Waals surface area contributed by atoms with Crippen molar-refractivity contribution in [2.45, 2.75) is 20.3 Å². The zero-order chi connectivity index (χ0) is 17.6. The van der Waals surface area contributed by atoms with E-state index in [2.05, 4.69) is 22.1 Å². The Labute approximate surface area is 140 Å². The van der Waals surface area contributed by atoms with Gasteiger partial charge in [-0.15, -0.1) is 0 Å². The van der Waals surface area contributed by atoms with Crippen LogP contribution in [0.4, 0.5) is 5.82 Å². The summed E-state index contributed by atoms with van der Waals surface area (Å²) in [6.07, 6.45) is 1.58. The summed E-state index contributed by atoms with van der Waals surface area (Å²) in [5.41, 5.74) is 0.611. The minimum atomic E-state index is -0.879. The van der Waals surface area contributed by atoms with E-state index in [-0.39, 0.29) is 12.3 Å². The molecule has 24 heavy (non-hydrogen) atoms. The van der Waals surface area contributed by atoms with Crippen LogP contribution in [0.5, 0.6) is 0 Å². The summed E-state index contributed by atoms with van der Waals surface area (Å²) < 4.78 is 0. The molecule has 2 aromatic rings.